The number of rotatable bonds is 2. The highest BCUT2D eigenvalue weighted by molar-refractivity contribution is 6.30. The zero-order valence-corrected chi connectivity index (χ0v) is 14.8. The van der Waals surface area contributed by atoms with Crippen molar-refractivity contribution in [3.8, 4) is 0 Å². The number of nitrogens with zero attached hydrogens (tertiary/aromatic N) is 4. The van der Waals surface area contributed by atoms with Crippen LogP contribution in [0.5, 0.6) is 0 Å². The number of amides is 1. The molecule has 0 fully saturated rings. The third kappa shape index (κ3) is 2.86. The lowest BCUT2D eigenvalue weighted by Crippen LogP contribution is -2.41. The van der Waals surface area contributed by atoms with E-state index in [-0.39, 0.29) is 23.8 Å². The summed E-state index contributed by atoms with van der Waals surface area (Å²) < 4.78 is 15.1. The Morgan fingerprint density at radius 2 is 1.69 bits per heavy atom. The van der Waals surface area contributed by atoms with Crippen LogP contribution in [0.2, 0.25) is 5.02 Å². The summed E-state index contributed by atoms with van der Waals surface area (Å²) in [6.45, 7) is 1.51. The van der Waals surface area contributed by atoms with E-state index in [9.17, 15) is 9.18 Å². The molecule has 7 heteroatoms. The van der Waals surface area contributed by atoms with Crippen molar-refractivity contribution in [3.63, 3.8) is 0 Å². The van der Waals surface area contributed by atoms with E-state index in [2.05, 4.69) is 10.1 Å². The van der Waals surface area contributed by atoms with Crippen molar-refractivity contribution in [1.29, 1.82) is 0 Å². The summed E-state index contributed by atoms with van der Waals surface area (Å²) in [6, 6.07) is 13.4. The Bertz CT molecular complexity index is 939. The summed E-state index contributed by atoms with van der Waals surface area (Å²) in [7, 11) is 0. The topological polar surface area (TPSA) is 51.0 Å². The first-order valence-electron chi connectivity index (χ1n) is 8.25. The van der Waals surface area contributed by atoms with Crippen LogP contribution < -0.4 is 4.90 Å². The summed E-state index contributed by atoms with van der Waals surface area (Å²) in [5, 5.41) is 4.94. The van der Waals surface area contributed by atoms with Gasteiger partial charge in [-0.05, 0) is 41.8 Å². The van der Waals surface area contributed by atoms with E-state index >= 15 is 0 Å². The summed E-state index contributed by atoms with van der Waals surface area (Å²) >= 11 is 6.01. The first-order valence-corrected chi connectivity index (χ1v) is 8.62. The zero-order valence-electron chi connectivity index (χ0n) is 14.0. The lowest BCUT2D eigenvalue weighted by molar-refractivity contribution is -0.117. The minimum Gasteiger partial charge on any atom is -0.275 e. The highest BCUT2D eigenvalue weighted by atomic mass is 35.5. The molecule has 2 aromatic carbocycles. The van der Waals surface area contributed by atoms with Crippen LogP contribution in [0.1, 0.15) is 36.6 Å². The van der Waals surface area contributed by atoms with E-state index < -0.39 is 0 Å². The van der Waals surface area contributed by atoms with Gasteiger partial charge in [0.15, 0.2) is 0 Å². The van der Waals surface area contributed by atoms with Gasteiger partial charge in [0.25, 0.3) is 0 Å². The second kappa shape index (κ2) is 6.53. The predicted octanol–water partition coefficient (Wildman–Crippen LogP) is 4.16. The first-order chi connectivity index (χ1) is 12.5. The molecule has 2 unspecified atom stereocenters. The maximum atomic E-state index is 13.3. The predicted molar refractivity (Wildman–Crippen MR) is 96.5 cm³/mol. The highest BCUT2D eigenvalue weighted by Gasteiger charge is 2.38. The van der Waals surface area contributed by atoms with Crippen LogP contribution in [0.25, 0.3) is 0 Å². The molecule has 1 aromatic heterocycles. The average Bonchev–Trinajstić information content (AvgIpc) is 3.11. The van der Waals surface area contributed by atoms with Crippen molar-refractivity contribution in [2.45, 2.75) is 25.4 Å². The van der Waals surface area contributed by atoms with E-state index in [1.807, 2.05) is 12.1 Å². The third-order valence-electron chi connectivity index (χ3n) is 4.67. The van der Waals surface area contributed by atoms with Crippen LogP contribution in [0.4, 0.5) is 10.3 Å². The first kappa shape index (κ1) is 16.7. The van der Waals surface area contributed by atoms with E-state index in [0.717, 1.165) is 11.1 Å². The van der Waals surface area contributed by atoms with Gasteiger partial charge in [-0.3, -0.25) is 9.69 Å². The Labute approximate surface area is 155 Å². The lowest BCUT2D eigenvalue weighted by atomic mass is 9.92. The van der Waals surface area contributed by atoms with E-state index in [1.54, 1.807) is 33.8 Å². The molecule has 4 rings (SSSR count). The molecule has 1 amide bonds. The molecule has 0 bridgehead atoms. The maximum absolute atomic E-state index is 13.3. The second-order valence-electron chi connectivity index (χ2n) is 6.26. The molecule has 132 valence electrons. The van der Waals surface area contributed by atoms with Gasteiger partial charge >= 0.3 is 0 Å². The van der Waals surface area contributed by atoms with Crippen molar-refractivity contribution < 1.29 is 9.18 Å². The standard InChI is InChI=1S/C19H16ClFN4O/c1-12(26)24-17(13-2-6-15(20)7-3-13)10-18(25-19(24)22-11-23-25)14-4-8-16(21)9-5-14/h2-9,11,17-18H,10H2,1H3. The van der Waals surface area contributed by atoms with Crippen LogP contribution in [-0.2, 0) is 4.79 Å². The molecule has 0 saturated heterocycles. The largest absolute Gasteiger partial charge is 0.275 e. The van der Waals surface area contributed by atoms with E-state index in [0.29, 0.717) is 17.4 Å². The number of anilines is 1. The van der Waals surface area contributed by atoms with Crippen molar-refractivity contribution in [3.05, 3.63) is 76.8 Å². The monoisotopic (exact) mass is 370 g/mol. The highest BCUT2D eigenvalue weighted by Crippen LogP contribution is 2.41. The maximum Gasteiger partial charge on any atom is 0.231 e. The summed E-state index contributed by atoms with van der Waals surface area (Å²) in [4.78, 5) is 18.3. The number of halogens is 2. The third-order valence-corrected chi connectivity index (χ3v) is 4.92. The Kier molecular flexibility index (Phi) is 4.20. The van der Waals surface area contributed by atoms with E-state index in [1.165, 1.54) is 25.4 Å². The molecule has 1 aliphatic rings. The van der Waals surface area contributed by atoms with Crippen molar-refractivity contribution >= 4 is 23.5 Å². The fourth-order valence-corrected chi connectivity index (χ4v) is 3.61. The number of carbonyl (C=O) groups is 1. The molecule has 2 atom stereocenters. The lowest BCUT2D eigenvalue weighted by Gasteiger charge is -2.38. The van der Waals surface area contributed by atoms with Gasteiger partial charge in [0.2, 0.25) is 11.9 Å². The average molecular weight is 371 g/mol. The molecule has 2 heterocycles. The second-order valence-corrected chi connectivity index (χ2v) is 6.70. The van der Waals surface area contributed by atoms with Crippen LogP contribution in [0.3, 0.4) is 0 Å². The minimum atomic E-state index is -0.289. The van der Waals surface area contributed by atoms with Gasteiger partial charge < -0.3 is 0 Å². The number of aromatic nitrogens is 3. The van der Waals surface area contributed by atoms with Gasteiger partial charge in [0.05, 0.1) is 12.1 Å². The molecular formula is C19H16ClFN4O. The SMILES string of the molecule is CC(=O)N1c2ncnn2C(c2ccc(F)cc2)CC1c1ccc(Cl)cc1. The number of hydrogen-bond donors (Lipinski definition) is 0. The van der Waals surface area contributed by atoms with Gasteiger partial charge in [-0.15, -0.1) is 0 Å². The van der Waals surface area contributed by atoms with Gasteiger partial charge in [-0.25, -0.2) is 9.07 Å². The van der Waals surface area contributed by atoms with Crippen molar-refractivity contribution in [2.24, 2.45) is 0 Å². The summed E-state index contributed by atoms with van der Waals surface area (Å²) in [5.74, 6) is 0.0813. The Balaban J connectivity index is 1.82. The number of fused-ring (bicyclic) bond motifs is 1. The van der Waals surface area contributed by atoms with Crippen LogP contribution in [0, 0.1) is 5.82 Å². The Hall–Kier alpha value is -2.73. The number of benzene rings is 2. The molecule has 3 aromatic rings. The van der Waals surface area contributed by atoms with Crippen molar-refractivity contribution in [2.75, 3.05) is 4.90 Å². The number of carbonyl (C=O) groups excluding carboxylic acids is 1. The Morgan fingerprint density at radius 1 is 1.08 bits per heavy atom. The van der Waals surface area contributed by atoms with Crippen LogP contribution >= 0.6 is 11.6 Å². The molecule has 1 aliphatic heterocycles. The zero-order chi connectivity index (χ0) is 18.3. The molecule has 0 aliphatic carbocycles. The van der Waals surface area contributed by atoms with E-state index in [4.69, 9.17) is 11.6 Å². The quantitative estimate of drug-likeness (QED) is 0.680. The Morgan fingerprint density at radius 3 is 2.35 bits per heavy atom. The molecule has 5 nitrogen and oxygen atoms in total. The summed E-state index contributed by atoms with van der Waals surface area (Å²) in [5.41, 5.74) is 1.88. The molecule has 0 saturated carbocycles. The fraction of sp³-hybridized carbons (Fsp3) is 0.211. The summed E-state index contributed by atoms with van der Waals surface area (Å²) in [6.07, 6.45) is 2.04. The van der Waals surface area contributed by atoms with Gasteiger partial charge in [-0.2, -0.15) is 10.1 Å². The fourth-order valence-electron chi connectivity index (χ4n) is 3.49. The normalized spacial score (nSPS) is 19.3. The molecule has 0 spiro atoms. The van der Waals surface area contributed by atoms with Crippen molar-refractivity contribution in [1.82, 2.24) is 14.8 Å². The van der Waals surface area contributed by atoms with Crippen LogP contribution in [0.15, 0.2) is 54.9 Å². The van der Waals surface area contributed by atoms with Crippen LogP contribution in [-0.4, -0.2) is 20.7 Å². The molecule has 0 radical (unpaired) electrons. The minimum absolute atomic E-state index is 0.114. The smallest absolute Gasteiger partial charge is 0.231 e. The number of hydrogen-bond acceptors (Lipinski definition) is 3. The van der Waals surface area contributed by atoms with Gasteiger partial charge in [0, 0.05) is 11.9 Å². The molecule has 26 heavy (non-hydrogen) atoms. The van der Waals surface area contributed by atoms with Gasteiger partial charge in [-0.1, -0.05) is 35.9 Å². The van der Waals surface area contributed by atoms with Gasteiger partial charge in [0.1, 0.15) is 12.1 Å². The molecular weight excluding hydrogens is 355 g/mol. The molecule has 0 N–H and O–H groups in total.